The maximum Gasteiger partial charge on any atom is 0.276 e. The number of carbonyl (C=O) groups is 1. The molecule has 3 aromatic rings. The number of amides is 1. The first-order chi connectivity index (χ1) is 13.1. The van der Waals surface area contributed by atoms with Crippen molar-refractivity contribution in [2.24, 2.45) is 0 Å². The fraction of sp³-hybridized carbons (Fsp3) is 0.300. The van der Waals surface area contributed by atoms with Gasteiger partial charge in [-0.1, -0.05) is 12.1 Å². The summed E-state index contributed by atoms with van der Waals surface area (Å²) < 4.78 is 1.66. The van der Waals surface area contributed by atoms with E-state index >= 15 is 0 Å². The molecule has 0 fully saturated rings. The molecule has 2 aromatic heterocycles. The molecule has 0 radical (unpaired) electrons. The molecule has 4 rings (SSSR count). The van der Waals surface area contributed by atoms with Gasteiger partial charge in [0.1, 0.15) is 0 Å². The van der Waals surface area contributed by atoms with E-state index in [1.807, 2.05) is 19.1 Å². The number of rotatable bonds is 3. The van der Waals surface area contributed by atoms with Gasteiger partial charge in [0.2, 0.25) is 11.0 Å². The van der Waals surface area contributed by atoms with Crippen LogP contribution in [0.1, 0.15) is 47.6 Å². The second-order valence-electron chi connectivity index (χ2n) is 6.69. The lowest BCUT2D eigenvalue weighted by Crippen LogP contribution is -2.36. The van der Waals surface area contributed by atoms with Gasteiger partial charge < -0.3 is 10.3 Å². The average molecular weight is 364 g/mol. The van der Waals surface area contributed by atoms with E-state index in [1.54, 1.807) is 22.9 Å². The number of aromatic nitrogens is 3. The number of aromatic amines is 1. The zero-order valence-corrected chi connectivity index (χ0v) is 15.0. The predicted octanol–water partition coefficient (Wildman–Crippen LogP) is 1.91. The maximum absolute atomic E-state index is 12.9. The number of pyridine rings is 1. The van der Waals surface area contributed by atoms with Crippen LogP contribution in [0.5, 0.6) is 0 Å². The van der Waals surface area contributed by atoms with Gasteiger partial charge in [0, 0.05) is 23.7 Å². The molecule has 1 amide bonds. The molecule has 0 aliphatic heterocycles. The number of H-pyrrole nitrogens is 1. The lowest BCUT2D eigenvalue weighted by molar-refractivity contribution is 0.0924. The van der Waals surface area contributed by atoms with Crippen LogP contribution in [0.3, 0.4) is 0 Å². The van der Waals surface area contributed by atoms with Gasteiger partial charge in [0.25, 0.3) is 5.91 Å². The molecule has 7 nitrogen and oxygen atoms in total. The lowest BCUT2D eigenvalue weighted by atomic mass is 9.91. The second kappa shape index (κ2) is 6.83. The quantitative estimate of drug-likeness (QED) is 0.742. The van der Waals surface area contributed by atoms with E-state index in [1.165, 1.54) is 6.07 Å². The van der Waals surface area contributed by atoms with Crippen molar-refractivity contribution in [3.63, 3.8) is 0 Å². The summed E-state index contributed by atoms with van der Waals surface area (Å²) in [6, 6.07) is 10.1. The van der Waals surface area contributed by atoms with Gasteiger partial charge in [-0.3, -0.25) is 19.1 Å². The van der Waals surface area contributed by atoms with Gasteiger partial charge in [-0.05, 0) is 49.9 Å². The summed E-state index contributed by atoms with van der Waals surface area (Å²) in [6.45, 7) is 2.47. The number of carbonyl (C=O) groups excluding carboxylic acids is 1. The number of fused-ring (bicyclic) bond motifs is 2. The summed E-state index contributed by atoms with van der Waals surface area (Å²) in [4.78, 5) is 40.0. The first-order valence-electron chi connectivity index (χ1n) is 9.11. The van der Waals surface area contributed by atoms with Crippen molar-refractivity contribution in [2.75, 3.05) is 0 Å². The van der Waals surface area contributed by atoms with E-state index < -0.39 is 5.91 Å². The monoisotopic (exact) mass is 364 g/mol. The Morgan fingerprint density at radius 2 is 2.07 bits per heavy atom. The van der Waals surface area contributed by atoms with Gasteiger partial charge in [0.05, 0.1) is 11.6 Å². The molecule has 1 aliphatic carbocycles. The van der Waals surface area contributed by atoms with Crippen LogP contribution >= 0.6 is 0 Å². The number of para-hydroxylation sites is 1. The minimum absolute atomic E-state index is 0.105. The van der Waals surface area contributed by atoms with Crippen LogP contribution in [0.25, 0.3) is 10.9 Å². The number of hydrogen-bond acceptors (Lipinski definition) is 4. The fourth-order valence-corrected chi connectivity index (χ4v) is 3.70. The molecule has 7 heteroatoms. The fourth-order valence-electron chi connectivity index (χ4n) is 3.70. The summed E-state index contributed by atoms with van der Waals surface area (Å²) in [5, 5.41) is 7.70. The zero-order valence-electron chi connectivity index (χ0n) is 15.0. The van der Waals surface area contributed by atoms with E-state index in [0.717, 1.165) is 30.5 Å². The number of nitrogens with one attached hydrogen (secondary N) is 2. The second-order valence-corrected chi connectivity index (χ2v) is 6.69. The van der Waals surface area contributed by atoms with Crippen LogP contribution in [0.4, 0.5) is 0 Å². The number of aryl methyl sites for hydroxylation is 2. The molecule has 138 valence electrons. The molecule has 2 N–H and O–H groups in total. The minimum Gasteiger partial charge on any atom is -0.344 e. The number of benzene rings is 1. The van der Waals surface area contributed by atoms with Crippen molar-refractivity contribution in [1.29, 1.82) is 0 Å². The predicted molar refractivity (Wildman–Crippen MR) is 102 cm³/mol. The molecule has 0 spiro atoms. The number of nitrogens with zero attached hydrogens (tertiary/aromatic N) is 2. The third kappa shape index (κ3) is 3.05. The van der Waals surface area contributed by atoms with Gasteiger partial charge in [0.15, 0.2) is 5.69 Å². The third-order valence-corrected chi connectivity index (χ3v) is 5.01. The maximum atomic E-state index is 12.9. The summed E-state index contributed by atoms with van der Waals surface area (Å²) in [6.07, 6.45) is 2.37. The first-order valence-corrected chi connectivity index (χ1v) is 9.11. The molecular weight excluding hydrogens is 344 g/mol. The van der Waals surface area contributed by atoms with Crippen LogP contribution in [0, 0.1) is 0 Å². The summed E-state index contributed by atoms with van der Waals surface area (Å²) in [7, 11) is 0. The molecule has 0 saturated carbocycles. The Morgan fingerprint density at radius 1 is 1.26 bits per heavy atom. The molecule has 1 aliphatic rings. The topological polar surface area (TPSA) is 96.8 Å². The van der Waals surface area contributed by atoms with Gasteiger partial charge >= 0.3 is 0 Å². The third-order valence-electron chi connectivity index (χ3n) is 5.01. The largest absolute Gasteiger partial charge is 0.344 e. The van der Waals surface area contributed by atoms with E-state index in [2.05, 4.69) is 15.4 Å². The Labute approximate surface area is 155 Å². The molecule has 1 atom stereocenters. The Kier molecular flexibility index (Phi) is 4.35. The van der Waals surface area contributed by atoms with E-state index in [9.17, 15) is 14.4 Å². The molecule has 27 heavy (non-hydrogen) atoms. The normalized spacial score (nSPS) is 16.1. The Balaban J connectivity index is 1.72. The van der Waals surface area contributed by atoms with E-state index in [0.29, 0.717) is 17.4 Å². The standard InChI is InChI=1S/C20H20N4O3/c1-2-24-16-9-4-3-6-13(16)19(26)18(23-24)20(27)22-15-8-5-7-14-12(15)10-11-17(25)21-14/h3-4,6,9-11,15H,2,5,7-8H2,1H3,(H,21,25)(H,22,27). The minimum atomic E-state index is -0.489. The summed E-state index contributed by atoms with van der Waals surface area (Å²) >= 11 is 0. The van der Waals surface area contributed by atoms with Crippen LogP contribution in [0.2, 0.25) is 0 Å². The first kappa shape index (κ1) is 17.2. The van der Waals surface area contributed by atoms with Crippen LogP contribution < -0.4 is 16.3 Å². The SMILES string of the molecule is CCn1nc(C(=O)NC2CCCc3[nH]c(=O)ccc32)c(=O)c2ccccc21. The van der Waals surface area contributed by atoms with Gasteiger partial charge in [-0.25, -0.2) is 0 Å². The zero-order chi connectivity index (χ0) is 19.0. The molecule has 0 saturated heterocycles. The Bertz CT molecular complexity index is 1150. The lowest BCUT2D eigenvalue weighted by Gasteiger charge is -2.25. The average Bonchev–Trinajstić information content (AvgIpc) is 2.68. The van der Waals surface area contributed by atoms with Crippen molar-refractivity contribution in [1.82, 2.24) is 20.1 Å². The van der Waals surface area contributed by atoms with Crippen molar-refractivity contribution >= 4 is 16.8 Å². The van der Waals surface area contributed by atoms with Crippen molar-refractivity contribution in [2.45, 2.75) is 38.8 Å². The van der Waals surface area contributed by atoms with E-state index in [4.69, 9.17) is 0 Å². The van der Waals surface area contributed by atoms with Crippen molar-refractivity contribution in [3.05, 3.63) is 73.9 Å². The summed E-state index contributed by atoms with van der Waals surface area (Å²) in [5.41, 5.74) is 1.82. The highest BCUT2D eigenvalue weighted by Gasteiger charge is 2.25. The van der Waals surface area contributed by atoms with Gasteiger partial charge in [-0.2, -0.15) is 5.10 Å². The molecule has 1 unspecified atom stereocenters. The molecule has 2 heterocycles. The highest BCUT2D eigenvalue weighted by molar-refractivity contribution is 5.95. The smallest absolute Gasteiger partial charge is 0.276 e. The molecule has 0 bridgehead atoms. The van der Waals surface area contributed by atoms with Crippen LogP contribution in [-0.2, 0) is 13.0 Å². The summed E-state index contributed by atoms with van der Waals surface area (Å²) in [5.74, 6) is -0.489. The van der Waals surface area contributed by atoms with Crippen LogP contribution in [-0.4, -0.2) is 20.7 Å². The van der Waals surface area contributed by atoms with Crippen LogP contribution in [0.15, 0.2) is 46.0 Å². The number of hydrogen-bond donors (Lipinski definition) is 2. The van der Waals surface area contributed by atoms with Gasteiger partial charge in [-0.15, -0.1) is 0 Å². The highest BCUT2D eigenvalue weighted by Crippen LogP contribution is 2.27. The van der Waals surface area contributed by atoms with Crippen molar-refractivity contribution < 1.29 is 4.79 Å². The van der Waals surface area contributed by atoms with E-state index in [-0.39, 0.29) is 22.7 Å². The highest BCUT2D eigenvalue weighted by atomic mass is 16.2. The molecular formula is C20H20N4O3. The molecule has 1 aromatic carbocycles. The Morgan fingerprint density at radius 3 is 2.89 bits per heavy atom. The van der Waals surface area contributed by atoms with Crippen molar-refractivity contribution in [3.8, 4) is 0 Å². The Hall–Kier alpha value is -3.22.